The first-order chi connectivity index (χ1) is 10.9. The number of anilines is 1. The highest BCUT2D eigenvalue weighted by molar-refractivity contribution is 5.46. The third kappa shape index (κ3) is 4.00. The molecule has 122 valence electrons. The third-order valence-electron chi connectivity index (χ3n) is 5.12. The zero-order chi connectivity index (χ0) is 15.2. The molecular formula is C18H29N3O. The minimum atomic E-state index is 0.789. The molecule has 3 rings (SSSR count). The van der Waals surface area contributed by atoms with Crippen molar-refractivity contribution < 1.29 is 4.74 Å². The number of para-hydroxylation sites is 1. The lowest BCUT2D eigenvalue weighted by molar-refractivity contribution is 0.0834. The predicted molar refractivity (Wildman–Crippen MR) is 91.6 cm³/mol. The van der Waals surface area contributed by atoms with Gasteiger partial charge in [-0.15, -0.1) is 0 Å². The van der Waals surface area contributed by atoms with Gasteiger partial charge in [-0.2, -0.15) is 0 Å². The molecule has 2 aliphatic heterocycles. The number of hydrogen-bond acceptors (Lipinski definition) is 4. The van der Waals surface area contributed by atoms with Gasteiger partial charge in [0.15, 0.2) is 0 Å². The fourth-order valence-electron chi connectivity index (χ4n) is 3.71. The van der Waals surface area contributed by atoms with Gasteiger partial charge in [-0.3, -0.25) is 4.90 Å². The van der Waals surface area contributed by atoms with Gasteiger partial charge in [-0.1, -0.05) is 18.2 Å². The average Bonchev–Trinajstić information content (AvgIpc) is 2.61. The Bertz CT molecular complexity index is 423. The number of methoxy groups -OCH3 is 1. The van der Waals surface area contributed by atoms with Crippen LogP contribution in [0.25, 0.3) is 0 Å². The molecule has 0 unspecified atom stereocenters. The Morgan fingerprint density at radius 2 is 1.64 bits per heavy atom. The van der Waals surface area contributed by atoms with Gasteiger partial charge in [-0.25, -0.2) is 0 Å². The van der Waals surface area contributed by atoms with Crippen molar-refractivity contribution in [3.63, 3.8) is 0 Å². The van der Waals surface area contributed by atoms with E-state index in [0.717, 1.165) is 32.3 Å². The lowest BCUT2D eigenvalue weighted by Gasteiger charge is -2.43. The van der Waals surface area contributed by atoms with E-state index in [1.54, 1.807) is 7.11 Å². The van der Waals surface area contributed by atoms with Crippen molar-refractivity contribution in [1.29, 1.82) is 0 Å². The summed E-state index contributed by atoms with van der Waals surface area (Å²) >= 11 is 0. The molecule has 0 aromatic heterocycles. The summed E-state index contributed by atoms with van der Waals surface area (Å²) < 4.78 is 5.18. The van der Waals surface area contributed by atoms with Crippen LogP contribution in [-0.2, 0) is 4.74 Å². The summed E-state index contributed by atoms with van der Waals surface area (Å²) in [4.78, 5) is 7.78. The third-order valence-corrected chi connectivity index (χ3v) is 5.12. The average molecular weight is 303 g/mol. The molecule has 1 aromatic carbocycles. The molecule has 0 aliphatic carbocycles. The smallest absolute Gasteiger partial charge is 0.0589 e. The largest absolute Gasteiger partial charge is 0.383 e. The van der Waals surface area contributed by atoms with E-state index in [9.17, 15) is 0 Å². The Kier molecular flexibility index (Phi) is 5.70. The second-order valence-electron chi connectivity index (χ2n) is 6.42. The number of piperidine rings is 1. The quantitative estimate of drug-likeness (QED) is 0.827. The van der Waals surface area contributed by atoms with Crippen molar-refractivity contribution >= 4 is 5.69 Å². The first-order valence-electron chi connectivity index (χ1n) is 8.62. The van der Waals surface area contributed by atoms with E-state index in [0.29, 0.717) is 0 Å². The van der Waals surface area contributed by atoms with Crippen LogP contribution in [0.5, 0.6) is 0 Å². The van der Waals surface area contributed by atoms with Gasteiger partial charge in [0, 0.05) is 51.6 Å². The van der Waals surface area contributed by atoms with E-state index < -0.39 is 0 Å². The Labute approximate surface area is 134 Å². The lowest BCUT2D eigenvalue weighted by atomic mass is 10.0. The highest BCUT2D eigenvalue weighted by Gasteiger charge is 2.27. The lowest BCUT2D eigenvalue weighted by Crippen LogP contribution is -2.53. The van der Waals surface area contributed by atoms with Crippen molar-refractivity contribution in [2.75, 3.05) is 64.4 Å². The minimum Gasteiger partial charge on any atom is -0.383 e. The molecule has 0 bridgehead atoms. The number of benzene rings is 1. The maximum atomic E-state index is 5.18. The molecule has 0 saturated carbocycles. The molecule has 2 saturated heterocycles. The van der Waals surface area contributed by atoms with Gasteiger partial charge in [0.05, 0.1) is 6.61 Å². The van der Waals surface area contributed by atoms with E-state index in [-0.39, 0.29) is 0 Å². The summed E-state index contributed by atoms with van der Waals surface area (Å²) in [6.07, 6.45) is 2.63. The molecule has 22 heavy (non-hydrogen) atoms. The van der Waals surface area contributed by atoms with Gasteiger partial charge in [0.1, 0.15) is 0 Å². The summed E-state index contributed by atoms with van der Waals surface area (Å²) in [6, 6.07) is 11.6. The molecule has 4 heteroatoms. The number of nitrogens with zero attached hydrogens (tertiary/aromatic N) is 3. The van der Waals surface area contributed by atoms with Gasteiger partial charge < -0.3 is 14.5 Å². The highest BCUT2D eigenvalue weighted by Crippen LogP contribution is 2.21. The molecule has 2 aliphatic rings. The SMILES string of the molecule is COCCN1CCC(N2CCN(c3ccccc3)CC2)CC1. The monoisotopic (exact) mass is 303 g/mol. The summed E-state index contributed by atoms with van der Waals surface area (Å²) in [5, 5.41) is 0. The van der Waals surface area contributed by atoms with Crippen LogP contribution >= 0.6 is 0 Å². The number of hydrogen-bond donors (Lipinski definition) is 0. The van der Waals surface area contributed by atoms with Crippen LogP contribution in [0.4, 0.5) is 5.69 Å². The molecular weight excluding hydrogens is 274 g/mol. The van der Waals surface area contributed by atoms with Crippen molar-refractivity contribution in [3.05, 3.63) is 30.3 Å². The Balaban J connectivity index is 1.43. The minimum absolute atomic E-state index is 0.789. The molecule has 0 radical (unpaired) electrons. The summed E-state index contributed by atoms with van der Waals surface area (Å²) in [5.74, 6) is 0. The second kappa shape index (κ2) is 7.95. The molecule has 2 heterocycles. The van der Waals surface area contributed by atoms with Crippen molar-refractivity contribution in [2.24, 2.45) is 0 Å². The first-order valence-corrected chi connectivity index (χ1v) is 8.62. The zero-order valence-corrected chi connectivity index (χ0v) is 13.8. The number of piperazine rings is 1. The van der Waals surface area contributed by atoms with Crippen molar-refractivity contribution in [1.82, 2.24) is 9.80 Å². The van der Waals surface area contributed by atoms with Crippen LogP contribution < -0.4 is 4.90 Å². The van der Waals surface area contributed by atoms with Gasteiger partial charge >= 0.3 is 0 Å². The van der Waals surface area contributed by atoms with E-state index in [4.69, 9.17) is 4.74 Å². The zero-order valence-electron chi connectivity index (χ0n) is 13.8. The van der Waals surface area contributed by atoms with Crippen LogP contribution in [0.2, 0.25) is 0 Å². The van der Waals surface area contributed by atoms with Gasteiger partial charge in [0.25, 0.3) is 0 Å². The molecule has 0 amide bonds. The molecule has 0 N–H and O–H groups in total. The summed E-state index contributed by atoms with van der Waals surface area (Å²) in [7, 11) is 1.79. The van der Waals surface area contributed by atoms with Crippen LogP contribution in [-0.4, -0.2) is 75.4 Å². The highest BCUT2D eigenvalue weighted by atomic mass is 16.5. The summed E-state index contributed by atoms with van der Waals surface area (Å²) in [6.45, 7) is 9.14. The fourth-order valence-corrected chi connectivity index (χ4v) is 3.71. The van der Waals surface area contributed by atoms with E-state index in [1.807, 2.05) is 0 Å². The van der Waals surface area contributed by atoms with E-state index >= 15 is 0 Å². The Hall–Kier alpha value is -1.10. The van der Waals surface area contributed by atoms with Gasteiger partial charge in [-0.05, 0) is 38.1 Å². The molecule has 1 aromatic rings. The predicted octanol–water partition coefficient (Wildman–Crippen LogP) is 1.92. The summed E-state index contributed by atoms with van der Waals surface area (Å²) in [5.41, 5.74) is 1.37. The molecule has 0 spiro atoms. The molecule has 2 fully saturated rings. The number of rotatable bonds is 5. The fraction of sp³-hybridized carbons (Fsp3) is 0.667. The Morgan fingerprint density at radius 3 is 2.27 bits per heavy atom. The maximum Gasteiger partial charge on any atom is 0.0589 e. The maximum absolute atomic E-state index is 5.18. The number of likely N-dealkylation sites (tertiary alicyclic amines) is 1. The van der Waals surface area contributed by atoms with Crippen LogP contribution in [0.3, 0.4) is 0 Å². The Morgan fingerprint density at radius 1 is 0.955 bits per heavy atom. The van der Waals surface area contributed by atoms with Crippen LogP contribution in [0.1, 0.15) is 12.8 Å². The topological polar surface area (TPSA) is 19.0 Å². The normalized spacial score (nSPS) is 22.1. The van der Waals surface area contributed by atoms with E-state index in [1.165, 1.54) is 44.7 Å². The number of ether oxygens (including phenoxy) is 1. The molecule has 4 nitrogen and oxygen atoms in total. The van der Waals surface area contributed by atoms with Gasteiger partial charge in [0.2, 0.25) is 0 Å². The molecule has 0 atom stereocenters. The van der Waals surface area contributed by atoms with E-state index in [2.05, 4.69) is 45.0 Å². The van der Waals surface area contributed by atoms with Crippen molar-refractivity contribution in [3.8, 4) is 0 Å². The van der Waals surface area contributed by atoms with Crippen molar-refractivity contribution in [2.45, 2.75) is 18.9 Å². The second-order valence-corrected chi connectivity index (χ2v) is 6.42. The standard InChI is InChI=1S/C18H29N3O/c1-22-16-15-19-9-7-18(8-10-19)21-13-11-20(12-14-21)17-5-3-2-4-6-17/h2-6,18H,7-16H2,1H3. The van der Waals surface area contributed by atoms with Crippen LogP contribution in [0.15, 0.2) is 30.3 Å². The first kappa shape index (κ1) is 15.8. The van der Waals surface area contributed by atoms with Crippen LogP contribution in [0, 0.1) is 0 Å².